The highest BCUT2D eigenvalue weighted by molar-refractivity contribution is 5.79. The second-order valence-electron chi connectivity index (χ2n) is 6.13. The van der Waals surface area contributed by atoms with Crippen LogP contribution in [0.25, 0.3) is 11.3 Å². The van der Waals surface area contributed by atoms with Gasteiger partial charge in [-0.15, -0.1) is 0 Å². The maximum Gasteiger partial charge on any atom is 0.231 e. The van der Waals surface area contributed by atoms with Crippen LogP contribution >= 0.6 is 0 Å². The molecule has 1 aliphatic heterocycles. The number of amides is 1. The predicted molar refractivity (Wildman–Crippen MR) is 94.8 cm³/mol. The quantitative estimate of drug-likeness (QED) is 0.762. The molecule has 0 bridgehead atoms. The van der Waals surface area contributed by atoms with Gasteiger partial charge in [-0.25, -0.2) is 0 Å². The largest absolute Gasteiger partial charge is 0.454 e. The zero-order chi connectivity index (χ0) is 17.9. The summed E-state index contributed by atoms with van der Waals surface area (Å²) < 4.78 is 16.0. The van der Waals surface area contributed by atoms with Crippen molar-refractivity contribution < 1.29 is 18.8 Å². The molecule has 0 saturated carbocycles. The van der Waals surface area contributed by atoms with Crippen molar-refractivity contribution in [3.63, 3.8) is 0 Å². The van der Waals surface area contributed by atoms with Crippen LogP contribution in [0.2, 0.25) is 0 Å². The second-order valence-corrected chi connectivity index (χ2v) is 6.13. The average Bonchev–Trinajstić information content (AvgIpc) is 3.30. The number of hydrogen-bond acceptors (Lipinski definition) is 5. The molecule has 6 heteroatoms. The van der Waals surface area contributed by atoms with Crippen LogP contribution in [-0.2, 0) is 11.2 Å². The van der Waals surface area contributed by atoms with Gasteiger partial charge in [-0.2, -0.15) is 0 Å². The maximum atomic E-state index is 12.3. The molecule has 0 spiro atoms. The first kappa shape index (κ1) is 16.2. The van der Waals surface area contributed by atoms with Gasteiger partial charge in [-0.1, -0.05) is 35.5 Å². The van der Waals surface area contributed by atoms with Crippen molar-refractivity contribution in [2.45, 2.75) is 19.4 Å². The first-order chi connectivity index (χ1) is 12.7. The Hall–Kier alpha value is -3.28. The van der Waals surface area contributed by atoms with E-state index in [2.05, 4.69) is 10.5 Å². The Labute approximate surface area is 150 Å². The molecule has 0 saturated heterocycles. The Morgan fingerprint density at radius 3 is 2.77 bits per heavy atom. The van der Waals surface area contributed by atoms with Gasteiger partial charge in [0, 0.05) is 11.6 Å². The van der Waals surface area contributed by atoms with Crippen LogP contribution in [0.1, 0.15) is 24.2 Å². The Kier molecular flexibility index (Phi) is 4.31. The maximum absolute atomic E-state index is 12.3. The van der Waals surface area contributed by atoms with Crippen molar-refractivity contribution in [1.82, 2.24) is 10.5 Å². The molecule has 3 aromatic rings. The molecular weight excluding hydrogens is 332 g/mol. The highest BCUT2D eigenvalue weighted by Gasteiger charge is 2.17. The summed E-state index contributed by atoms with van der Waals surface area (Å²) in [6, 6.07) is 17.1. The average molecular weight is 350 g/mol. The number of carbonyl (C=O) groups excluding carboxylic acids is 1. The Morgan fingerprint density at radius 1 is 1.12 bits per heavy atom. The molecule has 1 N–H and O–H groups in total. The van der Waals surface area contributed by atoms with Crippen LogP contribution in [0.4, 0.5) is 0 Å². The summed E-state index contributed by atoms with van der Waals surface area (Å²) in [5.74, 6) is 1.87. The minimum Gasteiger partial charge on any atom is -0.454 e. The molecule has 0 aliphatic carbocycles. The standard InChI is InChI=1S/C20H18N2O4/c1-13(14-5-3-2-4-6-14)21-20(23)11-16-10-18(26-22-16)15-7-8-17-19(9-15)25-12-24-17/h2-10,13H,11-12H2,1H3,(H,21,23). The van der Waals surface area contributed by atoms with Gasteiger partial charge in [0.1, 0.15) is 0 Å². The SMILES string of the molecule is CC(NC(=O)Cc1cc(-c2ccc3c(c2)OCO3)on1)c1ccccc1. The molecule has 1 atom stereocenters. The fourth-order valence-corrected chi connectivity index (χ4v) is 2.86. The summed E-state index contributed by atoms with van der Waals surface area (Å²) in [6.07, 6.45) is 0.158. The Morgan fingerprint density at radius 2 is 1.92 bits per heavy atom. The third-order valence-corrected chi connectivity index (χ3v) is 4.23. The lowest BCUT2D eigenvalue weighted by Crippen LogP contribution is -2.28. The van der Waals surface area contributed by atoms with E-state index >= 15 is 0 Å². The number of fused-ring (bicyclic) bond motifs is 1. The number of benzene rings is 2. The minimum absolute atomic E-state index is 0.0658. The van der Waals surface area contributed by atoms with Gasteiger partial charge in [0.2, 0.25) is 12.7 Å². The van der Waals surface area contributed by atoms with E-state index < -0.39 is 0 Å². The van der Waals surface area contributed by atoms with E-state index in [0.29, 0.717) is 23.0 Å². The zero-order valence-electron chi connectivity index (χ0n) is 14.3. The predicted octanol–water partition coefficient (Wildman–Crippen LogP) is 3.49. The monoisotopic (exact) mass is 350 g/mol. The van der Waals surface area contributed by atoms with E-state index in [1.807, 2.05) is 55.5 Å². The molecule has 4 rings (SSSR count). The van der Waals surface area contributed by atoms with Crippen LogP contribution < -0.4 is 14.8 Å². The first-order valence-corrected chi connectivity index (χ1v) is 8.39. The van der Waals surface area contributed by atoms with Gasteiger partial charge < -0.3 is 19.3 Å². The van der Waals surface area contributed by atoms with Crippen molar-refractivity contribution >= 4 is 5.91 Å². The lowest BCUT2D eigenvalue weighted by atomic mass is 10.1. The molecule has 1 aliphatic rings. The molecule has 1 aromatic heterocycles. The third kappa shape index (κ3) is 3.39. The fraction of sp³-hybridized carbons (Fsp3) is 0.200. The lowest BCUT2D eigenvalue weighted by Gasteiger charge is -2.13. The summed E-state index contributed by atoms with van der Waals surface area (Å²) in [7, 11) is 0. The molecular formula is C20H18N2O4. The van der Waals surface area contributed by atoms with E-state index in [1.54, 1.807) is 6.07 Å². The van der Waals surface area contributed by atoms with Crippen LogP contribution in [0.5, 0.6) is 11.5 Å². The third-order valence-electron chi connectivity index (χ3n) is 4.23. The van der Waals surface area contributed by atoms with Crippen molar-refractivity contribution in [2.75, 3.05) is 6.79 Å². The molecule has 0 radical (unpaired) electrons. The highest BCUT2D eigenvalue weighted by Crippen LogP contribution is 2.36. The van der Waals surface area contributed by atoms with Crippen molar-refractivity contribution in [3.8, 4) is 22.8 Å². The Balaban J connectivity index is 1.41. The fourth-order valence-electron chi connectivity index (χ4n) is 2.86. The highest BCUT2D eigenvalue weighted by atomic mass is 16.7. The van der Waals surface area contributed by atoms with Crippen LogP contribution in [0.3, 0.4) is 0 Å². The smallest absolute Gasteiger partial charge is 0.231 e. The number of ether oxygens (including phenoxy) is 2. The summed E-state index contributed by atoms with van der Waals surface area (Å²) in [5.41, 5.74) is 2.46. The Bertz CT molecular complexity index is 921. The number of nitrogens with one attached hydrogen (secondary N) is 1. The number of carbonyl (C=O) groups is 1. The first-order valence-electron chi connectivity index (χ1n) is 8.39. The van der Waals surface area contributed by atoms with E-state index in [0.717, 1.165) is 11.1 Å². The minimum atomic E-state index is -0.105. The van der Waals surface area contributed by atoms with E-state index in [1.165, 1.54) is 0 Å². The van der Waals surface area contributed by atoms with Gasteiger partial charge in [0.15, 0.2) is 17.3 Å². The number of hydrogen-bond donors (Lipinski definition) is 1. The lowest BCUT2D eigenvalue weighted by molar-refractivity contribution is -0.121. The second kappa shape index (κ2) is 6.92. The molecule has 2 aromatic carbocycles. The van der Waals surface area contributed by atoms with E-state index in [-0.39, 0.29) is 25.2 Å². The molecule has 132 valence electrons. The number of aromatic nitrogens is 1. The van der Waals surface area contributed by atoms with Crippen LogP contribution in [-0.4, -0.2) is 17.9 Å². The molecule has 0 fully saturated rings. The van der Waals surface area contributed by atoms with Gasteiger partial charge >= 0.3 is 0 Å². The van der Waals surface area contributed by atoms with Gasteiger partial charge in [-0.05, 0) is 30.7 Å². The normalized spacial score (nSPS) is 13.4. The zero-order valence-corrected chi connectivity index (χ0v) is 14.3. The molecule has 2 heterocycles. The van der Waals surface area contributed by atoms with Gasteiger partial charge in [-0.3, -0.25) is 4.79 Å². The van der Waals surface area contributed by atoms with Gasteiger partial charge in [0.25, 0.3) is 0 Å². The van der Waals surface area contributed by atoms with Crippen molar-refractivity contribution in [3.05, 3.63) is 65.9 Å². The van der Waals surface area contributed by atoms with Crippen LogP contribution in [0, 0.1) is 0 Å². The summed E-state index contributed by atoms with van der Waals surface area (Å²) >= 11 is 0. The molecule has 1 unspecified atom stereocenters. The van der Waals surface area contributed by atoms with E-state index in [9.17, 15) is 4.79 Å². The topological polar surface area (TPSA) is 73.6 Å². The van der Waals surface area contributed by atoms with Gasteiger partial charge in [0.05, 0.1) is 18.2 Å². The van der Waals surface area contributed by atoms with Crippen molar-refractivity contribution in [2.24, 2.45) is 0 Å². The molecule has 26 heavy (non-hydrogen) atoms. The van der Waals surface area contributed by atoms with Crippen molar-refractivity contribution in [1.29, 1.82) is 0 Å². The molecule has 1 amide bonds. The van der Waals surface area contributed by atoms with E-state index in [4.69, 9.17) is 14.0 Å². The summed E-state index contributed by atoms with van der Waals surface area (Å²) in [5, 5.41) is 6.97. The number of nitrogens with zero attached hydrogens (tertiary/aromatic N) is 1. The molecule has 6 nitrogen and oxygen atoms in total. The van der Waals surface area contributed by atoms with Crippen LogP contribution in [0.15, 0.2) is 59.1 Å². The number of rotatable bonds is 5. The summed E-state index contributed by atoms with van der Waals surface area (Å²) in [6.45, 7) is 2.17. The summed E-state index contributed by atoms with van der Waals surface area (Å²) in [4.78, 5) is 12.3.